The first-order valence-corrected chi connectivity index (χ1v) is 6.80. The summed E-state index contributed by atoms with van der Waals surface area (Å²) >= 11 is 0. The Bertz CT molecular complexity index is 565. The molecule has 0 aliphatic heterocycles. The molecule has 0 saturated carbocycles. The molecule has 2 aromatic carbocycles. The average molecular weight is 272 g/mol. The molecule has 0 aromatic heterocycles. The summed E-state index contributed by atoms with van der Waals surface area (Å²) in [5.74, 6) is -0.211. The minimum absolute atomic E-state index is 0.211. The van der Waals surface area contributed by atoms with Gasteiger partial charge in [-0.1, -0.05) is 29.8 Å². The Morgan fingerprint density at radius 1 is 1.15 bits per heavy atom. The molecule has 0 radical (unpaired) electrons. The first-order chi connectivity index (χ1) is 9.50. The van der Waals surface area contributed by atoms with Crippen LogP contribution in [0.15, 0.2) is 48.5 Å². The van der Waals surface area contributed by atoms with Crippen LogP contribution in [0, 0.1) is 12.7 Å². The van der Waals surface area contributed by atoms with Gasteiger partial charge in [-0.3, -0.25) is 0 Å². The lowest BCUT2D eigenvalue weighted by atomic mass is 9.92. The van der Waals surface area contributed by atoms with Gasteiger partial charge in [0.1, 0.15) is 5.82 Å². The number of anilines is 1. The fourth-order valence-corrected chi connectivity index (χ4v) is 2.25. The van der Waals surface area contributed by atoms with Gasteiger partial charge in [0.2, 0.25) is 0 Å². The normalized spacial score (nSPS) is 13.8. The lowest BCUT2D eigenvalue weighted by Gasteiger charge is -2.31. The van der Waals surface area contributed by atoms with E-state index in [-0.39, 0.29) is 11.4 Å². The van der Waals surface area contributed by atoms with E-state index in [4.69, 9.17) is 5.73 Å². The third-order valence-electron chi connectivity index (χ3n) is 3.43. The topological polar surface area (TPSA) is 38.0 Å². The molecular weight excluding hydrogens is 251 g/mol. The van der Waals surface area contributed by atoms with Crippen LogP contribution in [0.4, 0.5) is 10.1 Å². The highest BCUT2D eigenvalue weighted by Gasteiger charge is 2.22. The minimum Gasteiger partial charge on any atom is -0.378 e. The van der Waals surface area contributed by atoms with Gasteiger partial charge in [0, 0.05) is 12.2 Å². The van der Waals surface area contributed by atoms with Crippen molar-refractivity contribution in [1.29, 1.82) is 0 Å². The van der Waals surface area contributed by atoms with Crippen LogP contribution in [0.25, 0.3) is 0 Å². The molecule has 0 heterocycles. The van der Waals surface area contributed by atoms with Crippen LogP contribution in [-0.2, 0) is 6.42 Å². The Hall–Kier alpha value is -1.87. The van der Waals surface area contributed by atoms with E-state index in [0.717, 1.165) is 11.3 Å². The van der Waals surface area contributed by atoms with Crippen LogP contribution in [-0.4, -0.2) is 12.1 Å². The largest absolute Gasteiger partial charge is 0.378 e. The summed E-state index contributed by atoms with van der Waals surface area (Å²) in [6.45, 7) is 4.58. The highest BCUT2D eigenvalue weighted by atomic mass is 19.1. The number of nitrogens with two attached hydrogens (primary N) is 1. The summed E-state index contributed by atoms with van der Waals surface area (Å²) in [4.78, 5) is 0. The quantitative estimate of drug-likeness (QED) is 0.874. The smallest absolute Gasteiger partial charge is 0.123 e. The van der Waals surface area contributed by atoms with Gasteiger partial charge < -0.3 is 11.1 Å². The fraction of sp³-hybridized carbons (Fsp3) is 0.294. The van der Waals surface area contributed by atoms with Crippen molar-refractivity contribution in [2.45, 2.75) is 25.8 Å². The zero-order valence-electron chi connectivity index (χ0n) is 12.0. The van der Waals surface area contributed by atoms with Crippen LogP contribution >= 0.6 is 0 Å². The van der Waals surface area contributed by atoms with Gasteiger partial charge in [-0.25, -0.2) is 4.39 Å². The van der Waals surface area contributed by atoms with Crippen LogP contribution in [0.2, 0.25) is 0 Å². The summed E-state index contributed by atoms with van der Waals surface area (Å²) in [5.41, 5.74) is 8.80. The molecule has 0 amide bonds. The van der Waals surface area contributed by atoms with E-state index >= 15 is 0 Å². The van der Waals surface area contributed by atoms with E-state index in [1.165, 1.54) is 11.6 Å². The van der Waals surface area contributed by atoms with E-state index in [0.29, 0.717) is 13.0 Å². The first-order valence-electron chi connectivity index (χ1n) is 6.80. The molecule has 2 nitrogen and oxygen atoms in total. The predicted octanol–water partition coefficient (Wildman–Crippen LogP) is 3.51. The molecule has 3 N–H and O–H groups in total. The number of hydrogen-bond donors (Lipinski definition) is 2. The Labute approximate surface area is 119 Å². The molecule has 0 aliphatic carbocycles. The summed E-state index contributed by atoms with van der Waals surface area (Å²) < 4.78 is 13.3. The Morgan fingerprint density at radius 2 is 1.85 bits per heavy atom. The second kappa shape index (κ2) is 6.06. The summed E-state index contributed by atoms with van der Waals surface area (Å²) in [6.07, 6.45) is 0.676. The molecule has 0 aliphatic rings. The molecule has 1 atom stereocenters. The van der Waals surface area contributed by atoms with Gasteiger partial charge in [0.05, 0.1) is 5.54 Å². The van der Waals surface area contributed by atoms with Crippen molar-refractivity contribution in [2.24, 2.45) is 5.73 Å². The summed E-state index contributed by atoms with van der Waals surface area (Å²) in [6, 6.07) is 14.9. The van der Waals surface area contributed by atoms with E-state index in [2.05, 4.69) is 31.3 Å². The SMILES string of the molecule is Cc1ccc(NC(C)(CN)Cc2cccc(F)c2)cc1. The fourth-order valence-electron chi connectivity index (χ4n) is 2.25. The van der Waals surface area contributed by atoms with Gasteiger partial charge in [-0.05, 0) is 50.1 Å². The van der Waals surface area contributed by atoms with Crippen molar-refractivity contribution < 1.29 is 4.39 Å². The highest BCUT2D eigenvalue weighted by Crippen LogP contribution is 2.20. The predicted molar refractivity (Wildman–Crippen MR) is 82.4 cm³/mol. The third kappa shape index (κ3) is 3.81. The second-order valence-corrected chi connectivity index (χ2v) is 5.56. The van der Waals surface area contributed by atoms with Gasteiger partial charge >= 0.3 is 0 Å². The lowest BCUT2D eigenvalue weighted by molar-refractivity contribution is 0.518. The van der Waals surface area contributed by atoms with Gasteiger partial charge in [-0.15, -0.1) is 0 Å². The maximum atomic E-state index is 13.3. The monoisotopic (exact) mass is 272 g/mol. The van der Waals surface area contributed by atoms with Crippen molar-refractivity contribution in [2.75, 3.05) is 11.9 Å². The molecule has 3 heteroatoms. The average Bonchev–Trinajstić information content (AvgIpc) is 2.41. The van der Waals surface area contributed by atoms with Crippen LogP contribution < -0.4 is 11.1 Å². The Kier molecular flexibility index (Phi) is 4.40. The molecule has 0 fully saturated rings. The van der Waals surface area contributed by atoms with Crippen molar-refractivity contribution >= 4 is 5.69 Å². The highest BCUT2D eigenvalue weighted by molar-refractivity contribution is 5.47. The van der Waals surface area contributed by atoms with E-state index in [1.54, 1.807) is 12.1 Å². The number of rotatable bonds is 5. The van der Waals surface area contributed by atoms with Crippen molar-refractivity contribution in [1.82, 2.24) is 0 Å². The van der Waals surface area contributed by atoms with Crippen molar-refractivity contribution in [3.05, 3.63) is 65.5 Å². The van der Waals surface area contributed by atoms with Crippen molar-refractivity contribution in [3.63, 3.8) is 0 Å². The Morgan fingerprint density at radius 3 is 2.45 bits per heavy atom. The standard InChI is InChI=1S/C17H21FN2/c1-13-6-8-16(9-7-13)20-17(2,12-19)11-14-4-3-5-15(18)10-14/h3-10,20H,11-12,19H2,1-2H3. The molecule has 0 saturated heterocycles. The lowest BCUT2D eigenvalue weighted by Crippen LogP contribution is -2.44. The maximum absolute atomic E-state index is 13.3. The first kappa shape index (κ1) is 14.5. The van der Waals surface area contributed by atoms with E-state index in [9.17, 15) is 4.39 Å². The summed E-state index contributed by atoms with van der Waals surface area (Å²) in [7, 11) is 0. The maximum Gasteiger partial charge on any atom is 0.123 e. The van der Waals surface area contributed by atoms with Crippen LogP contribution in [0.5, 0.6) is 0 Å². The molecular formula is C17H21FN2. The minimum atomic E-state index is -0.303. The number of nitrogens with one attached hydrogen (secondary N) is 1. The number of benzene rings is 2. The van der Waals surface area contributed by atoms with Gasteiger partial charge in [-0.2, -0.15) is 0 Å². The van der Waals surface area contributed by atoms with Gasteiger partial charge in [0.25, 0.3) is 0 Å². The van der Waals surface area contributed by atoms with E-state index in [1.807, 2.05) is 18.2 Å². The molecule has 0 spiro atoms. The zero-order valence-corrected chi connectivity index (χ0v) is 12.0. The van der Waals surface area contributed by atoms with Crippen LogP contribution in [0.3, 0.4) is 0 Å². The van der Waals surface area contributed by atoms with Crippen molar-refractivity contribution in [3.8, 4) is 0 Å². The third-order valence-corrected chi connectivity index (χ3v) is 3.43. The van der Waals surface area contributed by atoms with Gasteiger partial charge in [0.15, 0.2) is 0 Å². The Balaban J connectivity index is 2.14. The molecule has 1 unspecified atom stereocenters. The summed E-state index contributed by atoms with van der Waals surface area (Å²) in [5, 5.41) is 3.45. The number of hydrogen-bond acceptors (Lipinski definition) is 2. The zero-order chi connectivity index (χ0) is 14.6. The molecule has 20 heavy (non-hydrogen) atoms. The van der Waals surface area contributed by atoms with E-state index < -0.39 is 0 Å². The molecule has 2 rings (SSSR count). The molecule has 2 aromatic rings. The molecule has 0 bridgehead atoms. The van der Waals surface area contributed by atoms with Crippen LogP contribution in [0.1, 0.15) is 18.1 Å². The number of halogens is 1. The molecule has 106 valence electrons. The second-order valence-electron chi connectivity index (χ2n) is 5.56. The number of aryl methyl sites for hydroxylation is 1.